The Morgan fingerprint density at radius 2 is 1.92 bits per heavy atom. The van der Waals surface area contributed by atoms with Crippen molar-refractivity contribution in [2.75, 3.05) is 6.54 Å². The molecule has 1 rings (SSSR count). The lowest BCUT2D eigenvalue weighted by Crippen LogP contribution is -2.48. The van der Waals surface area contributed by atoms with Crippen LogP contribution in [0.3, 0.4) is 0 Å². The molecule has 4 N–H and O–H groups in total. The highest BCUT2D eigenvalue weighted by Gasteiger charge is 2.22. The predicted octanol–water partition coefficient (Wildman–Crippen LogP) is 0.429. The molecule has 1 atom stereocenters. The third kappa shape index (κ3) is 5.89. The molecule has 0 aliphatic carbocycles. The second-order valence-electron chi connectivity index (χ2n) is 5.89. The van der Waals surface area contributed by atoms with Crippen LogP contribution in [0.4, 0.5) is 4.39 Å². The summed E-state index contributed by atoms with van der Waals surface area (Å²) in [5, 5.41) is 2.38. The van der Waals surface area contributed by atoms with Crippen LogP contribution in [0.15, 0.2) is 23.1 Å². The number of hydrogen-bond acceptors (Lipinski definition) is 4. The van der Waals surface area contributed by atoms with Crippen LogP contribution in [0.2, 0.25) is 0 Å². The lowest BCUT2D eigenvalue weighted by molar-refractivity contribution is -0.127. The summed E-state index contributed by atoms with van der Waals surface area (Å²) in [4.78, 5) is 22.9. The average molecular weight is 359 g/mol. The fourth-order valence-electron chi connectivity index (χ4n) is 2.06. The normalized spacial score (nSPS) is 12.9. The standard InChI is InChI=1S/C15H22FN3O4S/c1-9(2)6-12(15(17)21)19-14(20)8-18-24(22,23)13-7-11(16)5-4-10(13)3/h4-5,7,9,12,18H,6,8H2,1-3H3,(H2,17,21)(H,19,20)/t12-/m0/s1. The van der Waals surface area contributed by atoms with Crippen molar-refractivity contribution in [1.29, 1.82) is 0 Å². The van der Waals surface area contributed by atoms with Crippen molar-refractivity contribution in [2.45, 2.75) is 38.1 Å². The molecule has 1 aromatic rings. The van der Waals surface area contributed by atoms with Gasteiger partial charge in [-0.3, -0.25) is 9.59 Å². The molecule has 0 aliphatic rings. The maximum absolute atomic E-state index is 13.2. The maximum Gasteiger partial charge on any atom is 0.241 e. The zero-order valence-electron chi connectivity index (χ0n) is 13.8. The Balaban J connectivity index is 2.75. The fourth-order valence-corrected chi connectivity index (χ4v) is 3.30. The molecule has 0 radical (unpaired) electrons. The van der Waals surface area contributed by atoms with Crippen molar-refractivity contribution in [2.24, 2.45) is 11.7 Å². The number of aryl methyl sites for hydroxylation is 1. The second-order valence-corrected chi connectivity index (χ2v) is 7.62. The lowest BCUT2D eigenvalue weighted by atomic mass is 10.0. The molecule has 0 aromatic heterocycles. The predicted molar refractivity (Wildman–Crippen MR) is 86.9 cm³/mol. The quantitative estimate of drug-likeness (QED) is 0.623. The molecular formula is C15H22FN3O4S. The summed E-state index contributed by atoms with van der Waals surface area (Å²) in [6.07, 6.45) is 0.344. The number of nitrogens with two attached hydrogens (primary N) is 1. The minimum atomic E-state index is -4.05. The monoisotopic (exact) mass is 359 g/mol. The van der Waals surface area contributed by atoms with E-state index in [0.717, 1.165) is 12.1 Å². The molecule has 0 fully saturated rings. The largest absolute Gasteiger partial charge is 0.368 e. The Hall–Kier alpha value is -2.00. The molecule has 24 heavy (non-hydrogen) atoms. The van der Waals surface area contributed by atoms with Crippen LogP contribution in [0, 0.1) is 18.7 Å². The number of hydrogen-bond donors (Lipinski definition) is 3. The topological polar surface area (TPSA) is 118 Å². The Labute approximate surface area is 140 Å². The Morgan fingerprint density at radius 3 is 2.46 bits per heavy atom. The molecule has 9 heteroatoms. The number of primary amides is 1. The Morgan fingerprint density at radius 1 is 1.29 bits per heavy atom. The van der Waals surface area contributed by atoms with E-state index in [-0.39, 0.29) is 10.8 Å². The summed E-state index contributed by atoms with van der Waals surface area (Å²) in [5.74, 6) is -1.97. The Bertz CT molecular complexity index is 719. The van der Waals surface area contributed by atoms with Gasteiger partial charge in [-0.2, -0.15) is 0 Å². The van der Waals surface area contributed by atoms with Gasteiger partial charge >= 0.3 is 0 Å². The van der Waals surface area contributed by atoms with Crippen molar-refractivity contribution in [1.82, 2.24) is 10.0 Å². The molecule has 0 spiro atoms. The Kier molecular flexibility index (Phi) is 6.85. The highest BCUT2D eigenvalue weighted by Crippen LogP contribution is 2.15. The van der Waals surface area contributed by atoms with Gasteiger partial charge in [0.2, 0.25) is 21.8 Å². The number of halogens is 1. The van der Waals surface area contributed by atoms with E-state index >= 15 is 0 Å². The van der Waals surface area contributed by atoms with Gasteiger partial charge in [0.1, 0.15) is 11.9 Å². The van der Waals surface area contributed by atoms with Crippen LogP contribution in [0.5, 0.6) is 0 Å². The fraction of sp³-hybridized carbons (Fsp3) is 0.467. The summed E-state index contributed by atoms with van der Waals surface area (Å²) in [6, 6.07) is 2.47. The molecule has 134 valence electrons. The van der Waals surface area contributed by atoms with Crippen molar-refractivity contribution in [3.05, 3.63) is 29.6 Å². The molecular weight excluding hydrogens is 337 g/mol. The number of carbonyl (C=O) groups excluding carboxylic acids is 2. The van der Waals surface area contributed by atoms with Gasteiger partial charge in [-0.15, -0.1) is 0 Å². The minimum Gasteiger partial charge on any atom is -0.368 e. The zero-order chi connectivity index (χ0) is 18.5. The van der Waals surface area contributed by atoms with Crippen LogP contribution in [-0.4, -0.2) is 32.8 Å². The number of sulfonamides is 1. The first-order valence-corrected chi connectivity index (χ1v) is 8.85. The van der Waals surface area contributed by atoms with E-state index in [1.54, 1.807) is 0 Å². The zero-order valence-corrected chi connectivity index (χ0v) is 14.6. The summed E-state index contributed by atoms with van der Waals surface area (Å²) >= 11 is 0. The first-order chi connectivity index (χ1) is 11.0. The first-order valence-electron chi connectivity index (χ1n) is 7.37. The lowest BCUT2D eigenvalue weighted by Gasteiger charge is -2.17. The molecule has 0 unspecified atom stereocenters. The van der Waals surface area contributed by atoms with Crippen molar-refractivity contribution < 1.29 is 22.4 Å². The maximum atomic E-state index is 13.2. The summed E-state index contributed by atoms with van der Waals surface area (Å²) in [6.45, 7) is 4.65. The summed E-state index contributed by atoms with van der Waals surface area (Å²) < 4.78 is 39.6. The highest BCUT2D eigenvalue weighted by molar-refractivity contribution is 7.89. The van der Waals surface area contributed by atoms with E-state index in [1.807, 2.05) is 13.8 Å². The van der Waals surface area contributed by atoms with Crippen LogP contribution in [-0.2, 0) is 19.6 Å². The van der Waals surface area contributed by atoms with Crippen LogP contribution >= 0.6 is 0 Å². The van der Waals surface area contributed by atoms with E-state index in [2.05, 4.69) is 10.0 Å². The molecule has 0 saturated carbocycles. The van der Waals surface area contributed by atoms with Gasteiger partial charge in [0.15, 0.2) is 0 Å². The van der Waals surface area contributed by atoms with E-state index in [9.17, 15) is 22.4 Å². The molecule has 0 saturated heterocycles. The van der Waals surface area contributed by atoms with Gasteiger partial charge in [-0.1, -0.05) is 19.9 Å². The molecule has 0 aliphatic heterocycles. The first kappa shape index (κ1) is 20.0. The van der Waals surface area contributed by atoms with Gasteiger partial charge in [0.05, 0.1) is 11.4 Å². The summed E-state index contributed by atoms with van der Waals surface area (Å²) in [7, 11) is -4.05. The van der Waals surface area contributed by atoms with Crippen molar-refractivity contribution >= 4 is 21.8 Å². The summed E-state index contributed by atoms with van der Waals surface area (Å²) in [5.41, 5.74) is 5.56. The SMILES string of the molecule is Cc1ccc(F)cc1S(=O)(=O)NCC(=O)N[C@@H](CC(C)C)C(N)=O. The number of benzene rings is 1. The molecule has 1 aromatic carbocycles. The van der Waals surface area contributed by atoms with E-state index < -0.39 is 40.2 Å². The number of amides is 2. The molecule has 2 amide bonds. The van der Waals surface area contributed by atoms with Gasteiger partial charge in [-0.05, 0) is 37.0 Å². The van der Waals surface area contributed by atoms with Crippen LogP contribution in [0.25, 0.3) is 0 Å². The van der Waals surface area contributed by atoms with Crippen molar-refractivity contribution in [3.63, 3.8) is 0 Å². The van der Waals surface area contributed by atoms with Gasteiger partial charge in [0.25, 0.3) is 0 Å². The molecule has 7 nitrogen and oxygen atoms in total. The van der Waals surface area contributed by atoms with Crippen molar-refractivity contribution in [3.8, 4) is 0 Å². The van der Waals surface area contributed by atoms with Gasteiger partial charge in [0, 0.05) is 0 Å². The third-order valence-electron chi connectivity index (χ3n) is 3.25. The van der Waals surface area contributed by atoms with E-state index in [4.69, 9.17) is 5.73 Å². The van der Waals surface area contributed by atoms with Crippen LogP contribution in [0.1, 0.15) is 25.8 Å². The smallest absolute Gasteiger partial charge is 0.241 e. The highest BCUT2D eigenvalue weighted by atomic mass is 32.2. The third-order valence-corrected chi connectivity index (χ3v) is 4.79. The van der Waals surface area contributed by atoms with E-state index in [0.29, 0.717) is 12.0 Å². The molecule has 0 bridgehead atoms. The molecule has 0 heterocycles. The second kappa shape index (κ2) is 8.20. The average Bonchev–Trinajstić information content (AvgIpc) is 2.46. The van der Waals surface area contributed by atoms with Crippen LogP contribution < -0.4 is 15.8 Å². The van der Waals surface area contributed by atoms with E-state index in [1.165, 1.54) is 13.0 Å². The number of carbonyl (C=O) groups is 2. The van der Waals surface area contributed by atoms with Gasteiger partial charge in [-0.25, -0.2) is 17.5 Å². The number of nitrogens with one attached hydrogen (secondary N) is 2. The van der Waals surface area contributed by atoms with Gasteiger partial charge < -0.3 is 11.1 Å². The minimum absolute atomic E-state index is 0.120. The number of rotatable bonds is 8.